The van der Waals surface area contributed by atoms with Gasteiger partial charge in [0, 0.05) is 23.6 Å². The molecule has 0 atom stereocenters. The number of halogens is 1. The van der Waals surface area contributed by atoms with E-state index >= 15 is 0 Å². The van der Waals surface area contributed by atoms with Crippen molar-refractivity contribution < 1.29 is 4.39 Å². The average Bonchev–Trinajstić information content (AvgIpc) is 3.51. The van der Waals surface area contributed by atoms with Crippen LogP contribution in [0.25, 0.3) is 21.8 Å². The molecule has 0 saturated heterocycles. The third kappa shape index (κ3) is 6.82. The van der Waals surface area contributed by atoms with Gasteiger partial charge in [0.2, 0.25) is 0 Å². The quantitative estimate of drug-likeness (QED) is 0.211. The Kier molecular flexibility index (Phi) is 8.10. The second kappa shape index (κ2) is 11.6. The molecular formula is C38H42FN3. The maximum absolute atomic E-state index is 13.3. The number of aryl methyl sites for hydroxylation is 1. The van der Waals surface area contributed by atoms with Crippen LogP contribution in [-0.4, -0.2) is 14.3 Å². The largest absolute Gasteiger partial charge is 0.343 e. The van der Waals surface area contributed by atoms with Crippen LogP contribution in [0.3, 0.4) is 0 Å². The average molecular weight is 560 g/mol. The zero-order valence-electron chi connectivity index (χ0n) is 25.9. The Hall–Kier alpha value is -4.18. The minimum Gasteiger partial charge on any atom is -0.343 e. The Bertz CT molecular complexity index is 1690. The molecule has 0 N–H and O–H groups in total. The first-order chi connectivity index (χ1) is 19.9. The molecule has 4 heteroatoms. The van der Waals surface area contributed by atoms with E-state index in [0.717, 1.165) is 23.0 Å². The minimum absolute atomic E-state index is 0.124. The van der Waals surface area contributed by atoms with Crippen molar-refractivity contribution in [3.63, 3.8) is 0 Å². The van der Waals surface area contributed by atoms with Gasteiger partial charge in [-0.3, -0.25) is 4.68 Å². The molecule has 0 fully saturated rings. The molecule has 4 aromatic carbocycles. The third-order valence-corrected chi connectivity index (χ3v) is 7.80. The van der Waals surface area contributed by atoms with Crippen molar-refractivity contribution in [2.24, 2.45) is 0 Å². The molecule has 6 rings (SSSR count). The predicted octanol–water partition coefficient (Wildman–Crippen LogP) is 9.82. The van der Waals surface area contributed by atoms with Gasteiger partial charge >= 0.3 is 0 Å². The lowest BCUT2D eigenvalue weighted by Gasteiger charge is -2.19. The molecule has 0 saturated carbocycles. The zero-order valence-corrected chi connectivity index (χ0v) is 25.9. The van der Waals surface area contributed by atoms with Crippen molar-refractivity contribution in [1.29, 1.82) is 0 Å². The van der Waals surface area contributed by atoms with Gasteiger partial charge in [0.05, 0.1) is 18.3 Å². The lowest BCUT2D eigenvalue weighted by atomic mass is 9.86. The Morgan fingerprint density at radius 1 is 0.643 bits per heavy atom. The standard InChI is InChI=1S/C20H23N.C18H19FN2/c1-15-6-5-7-16(12-15)14-21-11-10-17-13-18(20(2,3)4)8-9-19(17)21;1-18(2,3)15-7-8-17-14(10-15)11-20-21(17)12-13-5-4-6-16(19)9-13/h5-13H,14H2,1-4H3;4-11H,12H2,1-3H3. The lowest BCUT2D eigenvalue weighted by molar-refractivity contribution is 0.591. The van der Waals surface area contributed by atoms with Crippen molar-refractivity contribution in [3.05, 3.63) is 137 Å². The highest BCUT2D eigenvalue weighted by atomic mass is 19.1. The van der Waals surface area contributed by atoms with E-state index in [4.69, 9.17) is 0 Å². The second-order valence-electron chi connectivity index (χ2n) is 13.4. The Labute approximate surface area is 249 Å². The Balaban J connectivity index is 0.000000168. The third-order valence-electron chi connectivity index (χ3n) is 7.80. The fourth-order valence-electron chi connectivity index (χ4n) is 5.30. The van der Waals surface area contributed by atoms with Gasteiger partial charge in [-0.25, -0.2) is 4.39 Å². The van der Waals surface area contributed by atoms with Crippen LogP contribution in [-0.2, 0) is 23.9 Å². The normalized spacial score (nSPS) is 12.0. The van der Waals surface area contributed by atoms with Crippen molar-refractivity contribution in [2.75, 3.05) is 0 Å². The summed E-state index contributed by atoms with van der Waals surface area (Å²) in [6.45, 7) is 17.0. The van der Waals surface area contributed by atoms with Crippen LogP contribution < -0.4 is 0 Å². The summed E-state index contributed by atoms with van der Waals surface area (Å²) in [4.78, 5) is 0. The maximum Gasteiger partial charge on any atom is 0.123 e. The lowest BCUT2D eigenvalue weighted by Crippen LogP contribution is -2.10. The summed E-state index contributed by atoms with van der Waals surface area (Å²) in [7, 11) is 0. The van der Waals surface area contributed by atoms with Gasteiger partial charge in [0.15, 0.2) is 0 Å². The monoisotopic (exact) mass is 559 g/mol. The number of fused-ring (bicyclic) bond motifs is 2. The molecule has 42 heavy (non-hydrogen) atoms. The SMILES string of the molecule is CC(C)(C)c1ccc2c(cnn2Cc2cccc(F)c2)c1.Cc1cccc(Cn2ccc3cc(C(C)(C)C)ccc32)c1. The summed E-state index contributed by atoms with van der Waals surface area (Å²) < 4.78 is 17.5. The molecule has 0 aliphatic heterocycles. The number of aromatic nitrogens is 3. The summed E-state index contributed by atoms with van der Waals surface area (Å²) in [5.41, 5.74) is 8.98. The molecule has 6 aromatic rings. The molecule has 216 valence electrons. The zero-order chi connectivity index (χ0) is 30.1. The number of nitrogens with zero attached hydrogens (tertiary/aromatic N) is 3. The summed E-state index contributed by atoms with van der Waals surface area (Å²) in [6.07, 6.45) is 4.07. The summed E-state index contributed by atoms with van der Waals surface area (Å²) in [5.74, 6) is -0.209. The summed E-state index contributed by atoms with van der Waals surface area (Å²) in [6, 6.07) is 30.9. The highest BCUT2D eigenvalue weighted by Gasteiger charge is 2.16. The smallest absolute Gasteiger partial charge is 0.123 e. The van der Waals surface area contributed by atoms with Crippen LogP contribution in [0.5, 0.6) is 0 Å². The molecular weight excluding hydrogens is 517 g/mol. The van der Waals surface area contributed by atoms with Gasteiger partial charge < -0.3 is 4.57 Å². The van der Waals surface area contributed by atoms with Crippen molar-refractivity contribution >= 4 is 21.8 Å². The Morgan fingerprint density at radius 2 is 1.26 bits per heavy atom. The molecule has 0 amide bonds. The van der Waals surface area contributed by atoms with Crippen LogP contribution in [0.2, 0.25) is 0 Å². The number of hydrogen-bond donors (Lipinski definition) is 0. The fourth-order valence-corrected chi connectivity index (χ4v) is 5.30. The van der Waals surface area contributed by atoms with Crippen molar-refractivity contribution in [3.8, 4) is 0 Å². The van der Waals surface area contributed by atoms with Gasteiger partial charge in [-0.1, -0.05) is 95.6 Å². The number of benzene rings is 4. The van der Waals surface area contributed by atoms with Crippen LogP contribution in [0.4, 0.5) is 4.39 Å². The van der Waals surface area contributed by atoms with Gasteiger partial charge in [-0.05, 0) is 87.9 Å². The van der Waals surface area contributed by atoms with E-state index in [2.05, 4.69) is 131 Å². The van der Waals surface area contributed by atoms with E-state index in [9.17, 15) is 4.39 Å². The molecule has 0 aliphatic rings. The van der Waals surface area contributed by atoms with Gasteiger partial charge in [-0.2, -0.15) is 5.10 Å². The first-order valence-electron chi connectivity index (χ1n) is 14.7. The molecule has 0 spiro atoms. The van der Waals surface area contributed by atoms with E-state index in [1.165, 1.54) is 39.2 Å². The van der Waals surface area contributed by atoms with E-state index in [1.807, 2.05) is 16.9 Å². The van der Waals surface area contributed by atoms with Crippen molar-refractivity contribution in [1.82, 2.24) is 14.3 Å². The maximum atomic E-state index is 13.3. The van der Waals surface area contributed by atoms with E-state index in [0.29, 0.717) is 6.54 Å². The minimum atomic E-state index is -0.209. The molecule has 0 bridgehead atoms. The van der Waals surface area contributed by atoms with Gasteiger partial charge in [0.1, 0.15) is 5.82 Å². The van der Waals surface area contributed by atoms with Crippen LogP contribution >= 0.6 is 0 Å². The fraction of sp³-hybridized carbons (Fsp3) is 0.289. The molecule has 0 radical (unpaired) electrons. The second-order valence-corrected chi connectivity index (χ2v) is 13.4. The first kappa shape index (κ1) is 29.3. The van der Waals surface area contributed by atoms with Gasteiger partial charge in [0.25, 0.3) is 0 Å². The topological polar surface area (TPSA) is 22.8 Å². The van der Waals surface area contributed by atoms with E-state index < -0.39 is 0 Å². The highest BCUT2D eigenvalue weighted by molar-refractivity contribution is 5.81. The summed E-state index contributed by atoms with van der Waals surface area (Å²) in [5, 5.41) is 6.89. The highest BCUT2D eigenvalue weighted by Crippen LogP contribution is 2.28. The van der Waals surface area contributed by atoms with Gasteiger partial charge in [-0.15, -0.1) is 0 Å². The molecule has 2 aromatic heterocycles. The Morgan fingerprint density at radius 3 is 1.90 bits per heavy atom. The van der Waals surface area contributed by atoms with E-state index in [-0.39, 0.29) is 16.6 Å². The number of hydrogen-bond acceptors (Lipinski definition) is 1. The first-order valence-corrected chi connectivity index (χ1v) is 14.7. The van der Waals surface area contributed by atoms with Crippen molar-refractivity contribution in [2.45, 2.75) is 72.4 Å². The molecule has 3 nitrogen and oxygen atoms in total. The predicted molar refractivity (Wildman–Crippen MR) is 175 cm³/mol. The number of rotatable bonds is 4. The molecule has 2 heterocycles. The van der Waals surface area contributed by atoms with Crippen LogP contribution in [0.1, 0.15) is 69.4 Å². The molecule has 0 aliphatic carbocycles. The van der Waals surface area contributed by atoms with Crippen LogP contribution in [0.15, 0.2) is 103 Å². The van der Waals surface area contributed by atoms with Crippen LogP contribution in [0, 0.1) is 12.7 Å². The molecule has 0 unspecified atom stereocenters. The summed E-state index contributed by atoms with van der Waals surface area (Å²) >= 11 is 0. The van der Waals surface area contributed by atoms with E-state index in [1.54, 1.807) is 12.1 Å².